The molecule has 0 radical (unpaired) electrons. The van der Waals surface area contributed by atoms with Gasteiger partial charge in [-0.1, -0.05) is 13.8 Å². The largest absolute Gasteiger partial charge is 0.472 e. The van der Waals surface area contributed by atoms with Gasteiger partial charge in [-0.2, -0.15) is 0 Å². The van der Waals surface area contributed by atoms with Crippen molar-refractivity contribution in [2.24, 2.45) is 28.1 Å². The van der Waals surface area contributed by atoms with Crippen molar-refractivity contribution < 1.29 is 72.1 Å². The fourth-order valence-electron chi connectivity index (χ4n) is 12.7. The molecule has 4 saturated heterocycles. The van der Waals surface area contributed by atoms with Crippen LogP contribution in [0.15, 0.2) is 23.0 Å². The van der Waals surface area contributed by atoms with Crippen LogP contribution in [0.1, 0.15) is 65.5 Å². The Labute approximate surface area is 267 Å². The summed E-state index contributed by atoms with van der Waals surface area (Å²) in [6, 6.07) is 1.57. The predicted molar refractivity (Wildman–Crippen MR) is 146 cm³/mol. The Morgan fingerprint density at radius 2 is 1.66 bits per heavy atom. The molecule has 4 aliphatic heterocycles. The minimum Gasteiger partial charge on any atom is -0.472 e. The lowest BCUT2D eigenvalue weighted by Gasteiger charge is -2.78. The van der Waals surface area contributed by atoms with E-state index in [4.69, 9.17) is 37.6 Å². The highest BCUT2D eigenvalue weighted by Crippen LogP contribution is 2.90. The smallest absolute Gasteiger partial charge is 0.306 e. The minimum absolute atomic E-state index is 0.0421. The van der Waals surface area contributed by atoms with Crippen molar-refractivity contribution in [2.45, 2.75) is 113 Å². The Hall–Kier alpha value is -3.08. The van der Waals surface area contributed by atoms with E-state index in [9.17, 15) is 34.5 Å². The van der Waals surface area contributed by atoms with E-state index in [-0.39, 0.29) is 12.8 Å². The molecule has 9 rings (SSSR count). The summed E-state index contributed by atoms with van der Waals surface area (Å²) in [6.45, 7) is 6.74. The summed E-state index contributed by atoms with van der Waals surface area (Å²) in [5, 5.41) is 39.3. The molecule has 15 nitrogen and oxygen atoms in total. The number of hydrogen-bond acceptors (Lipinski definition) is 15. The fraction of sp³-hybridized carbons (Fsp3) is 0.750. The van der Waals surface area contributed by atoms with E-state index in [1.165, 1.54) is 33.3 Å². The van der Waals surface area contributed by atoms with Crippen LogP contribution < -0.4 is 0 Å². The van der Waals surface area contributed by atoms with Crippen LogP contribution in [0.25, 0.3) is 0 Å². The van der Waals surface area contributed by atoms with Crippen molar-refractivity contribution >= 4 is 23.9 Å². The van der Waals surface area contributed by atoms with Crippen molar-refractivity contribution in [3.63, 3.8) is 0 Å². The summed E-state index contributed by atoms with van der Waals surface area (Å²) in [7, 11) is 0. The monoisotopic (exact) mass is 660 g/mol. The Bertz CT molecular complexity index is 1660. The molecule has 0 amide bonds. The van der Waals surface area contributed by atoms with Crippen LogP contribution in [0.4, 0.5) is 0 Å². The van der Waals surface area contributed by atoms with Crippen LogP contribution in [0.3, 0.4) is 0 Å². The highest BCUT2D eigenvalue weighted by atomic mass is 16.9. The molecule has 47 heavy (non-hydrogen) atoms. The van der Waals surface area contributed by atoms with Gasteiger partial charge in [-0.15, -0.1) is 0 Å². The molecule has 5 heterocycles. The van der Waals surface area contributed by atoms with Gasteiger partial charge >= 0.3 is 23.9 Å². The van der Waals surface area contributed by atoms with Crippen molar-refractivity contribution in [1.29, 1.82) is 0 Å². The number of furan rings is 1. The summed E-state index contributed by atoms with van der Waals surface area (Å²) in [5.74, 6) is -6.89. The maximum absolute atomic E-state index is 13.7. The lowest BCUT2D eigenvalue weighted by atomic mass is 9.32. The Kier molecular flexibility index (Phi) is 5.23. The minimum atomic E-state index is -2.43. The van der Waals surface area contributed by atoms with Gasteiger partial charge in [0.2, 0.25) is 0 Å². The zero-order valence-electron chi connectivity index (χ0n) is 26.3. The van der Waals surface area contributed by atoms with E-state index in [0.29, 0.717) is 5.56 Å². The Morgan fingerprint density at radius 3 is 2.32 bits per heavy atom. The molecule has 0 aromatic carbocycles. The highest BCUT2D eigenvalue weighted by Gasteiger charge is 3.06. The highest BCUT2D eigenvalue weighted by molar-refractivity contribution is 5.75. The van der Waals surface area contributed by atoms with E-state index in [1.54, 1.807) is 19.9 Å². The van der Waals surface area contributed by atoms with Gasteiger partial charge in [-0.25, -0.2) is 0 Å². The van der Waals surface area contributed by atoms with E-state index in [0.717, 1.165) is 0 Å². The first-order valence-electron chi connectivity index (χ1n) is 15.9. The normalized spacial score (nSPS) is 57.4. The standard InChI is InChI=1S/C32H36O15/c1-13(33)42-22-20(37)32-28-12-41-18(35)8-16(28)25(3)11-29(28)30(39,24(25)43-14(2)34)23(38)31(32,46-27(5,45-29)47-32)17-9-19(36)44-21(26(17,22)4)15-6-7-40-10-15/h6-7,10,16-17,20-24,37-39H,8-9,11-12H2,1-5H3/t16-,17+,20+,21-,22-,23+,24-,25-,26+,27?,28+,29+,30+,31+,32-/m0/s1. The lowest BCUT2D eigenvalue weighted by Crippen LogP contribution is -2.98. The molecule has 254 valence electrons. The summed E-state index contributed by atoms with van der Waals surface area (Å²) >= 11 is 0. The van der Waals surface area contributed by atoms with Gasteiger partial charge in [0.05, 0.1) is 29.8 Å². The van der Waals surface area contributed by atoms with Crippen LogP contribution in [0.5, 0.6) is 0 Å². The fourth-order valence-corrected chi connectivity index (χ4v) is 12.7. The Morgan fingerprint density at radius 1 is 0.957 bits per heavy atom. The molecule has 1 aromatic heterocycles. The first kappa shape index (κ1) is 30.0. The summed E-state index contributed by atoms with van der Waals surface area (Å²) in [6.07, 6.45) is -5.95. The van der Waals surface area contributed by atoms with Crippen molar-refractivity contribution in [2.75, 3.05) is 6.61 Å². The van der Waals surface area contributed by atoms with Gasteiger partial charge in [0.25, 0.3) is 5.97 Å². The average molecular weight is 661 g/mol. The third-order valence-electron chi connectivity index (χ3n) is 13.5. The number of aliphatic hydroxyl groups is 3. The van der Waals surface area contributed by atoms with Crippen molar-refractivity contribution in [3.05, 3.63) is 24.2 Å². The van der Waals surface area contributed by atoms with E-state index < -0.39 is 124 Å². The van der Waals surface area contributed by atoms with Crippen LogP contribution >= 0.6 is 0 Å². The maximum atomic E-state index is 13.7. The number of rotatable bonds is 3. The SMILES string of the molecule is CC(=O)O[C@H]1[C@@H](O)[C@@]23OC4(C)O[C@]2([C@@H]2CC(=O)O[C@@H](c5ccoc5)[C@@]21C)[C@H](O)[C@@]1(O)[C@@H](OC(C)=O)[C@@]2(C)C[C@@]1(O4)[C@]31COC(=O)C[C@@H]21. The van der Waals surface area contributed by atoms with Gasteiger partial charge in [-0.3, -0.25) is 19.2 Å². The molecule has 15 atom stereocenters. The molecule has 8 fully saturated rings. The number of carbonyl (C=O) groups is 4. The van der Waals surface area contributed by atoms with Gasteiger partial charge in [0, 0.05) is 44.1 Å². The van der Waals surface area contributed by atoms with Crippen molar-refractivity contribution in [1.82, 2.24) is 0 Å². The van der Waals surface area contributed by atoms with Crippen LogP contribution in [0.2, 0.25) is 0 Å². The molecule has 1 unspecified atom stereocenters. The van der Waals surface area contributed by atoms with Gasteiger partial charge < -0.3 is 52.9 Å². The molecule has 3 N–H and O–H groups in total. The maximum Gasteiger partial charge on any atom is 0.306 e. The molecule has 3 spiro atoms. The summed E-state index contributed by atoms with van der Waals surface area (Å²) < 4.78 is 49.3. The van der Waals surface area contributed by atoms with E-state index in [2.05, 4.69) is 0 Å². The third-order valence-corrected chi connectivity index (χ3v) is 13.5. The van der Waals surface area contributed by atoms with Crippen LogP contribution in [0, 0.1) is 28.1 Å². The number of ether oxygens (including phenoxy) is 7. The second kappa shape index (κ2) is 8.20. The van der Waals surface area contributed by atoms with E-state index >= 15 is 0 Å². The molecule has 4 saturated carbocycles. The number of cyclic esters (lactones) is 2. The average Bonchev–Trinajstić information content (AvgIpc) is 3.69. The Balaban J connectivity index is 1.41. The molecule has 4 aliphatic carbocycles. The topological polar surface area (TPSA) is 207 Å². The summed E-state index contributed by atoms with van der Waals surface area (Å²) in [5.41, 5.74) is -12.7. The first-order chi connectivity index (χ1) is 22.0. The second-order valence-corrected chi connectivity index (χ2v) is 15.3. The predicted octanol–water partition coefficient (Wildman–Crippen LogP) is 0.174. The third kappa shape index (κ3) is 2.67. The number of hydrogen-bond donors (Lipinski definition) is 3. The molecular formula is C32H36O15. The molecule has 4 bridgehead atoms. The summed E-state index contributed by atoms with van der Waals surface area (Å²) in [4.78, 5) is 52.3. The molecular weight excluding hydrogens is 624 g/mol. The molecule has 8 aliphatic rings. The zero-order valence-corrected chi connectivity index (χ0v) is 26.3. The van der Waals surface area contributed by atoms with Crippen molar-refractivity contribution in [3.8, 4) is 0 Å². The first-order valence-corrected chi connectivity index (χ1v) is 15.9. The molecule has 1 aromatic rings. The van der Waals surface area contributed by atoms with Gasteiger partial charge in [0.15, 0.2) is 5.60 Å². The lowest BCUT2D eigenvalue weighted by molar-refractivity contribution is -0.500. The quantitative estimate of drug-likeness (QED) is 0.292. The van der Waals surface area contributed by atoms with E-state index in [1.807, 2.05) is 0 Å². The van der Waals surface area contributed by atoms with Crippen LogP contribution in [-0.4, -0.2) is 98.6 Å². The number of aliphatic hydroxyl groups excluding tert-OH is 2. The van der Waals surface area contributed by atoms with Crippen LogP contribution in [-0.2, 0) is 52.3 Å². The number of carbonyl (C=O) groups excluding carboxylic acids is 4. The molecule has 15 heteroatoms. The number of esters is 4. The second-order valence-electron chi connectivity index (χ2n) is 15.3. The van der Waals surface area contributed by atoms with Gasteiger partial charge in [0.1, 0.15) is 53.9 Å². The zero-order chi connectivity index (χ0) is 33.5. The van der Waals surface area contributed by atoms with Gasteiger partial charge in [-0.05, 0) is 18.4 Å². The number of fused-ring (bicyclic) bond motifs is 4.